The van der Waals surface area contributed by atoms with Crippen molar-refractivity contribution < 1.29 is 9.53 Å². The summed E-state index contributed by atoms with van der Waals surface area (Å²) in [6.07, 6.45) is 3.62. The van der Waals surface area contributed by atoms with Gasteiger partial charge in [-0.15, -0.1) is 0 Å². The predicted molar refractivity (Wildman–Crippen MR) is 43.0 cm³/mol. The Kier molecular flexibility index (Phi) is 6.88. The molecule has 0 fully saturated rings. The summed E-state index contributed by atoms with van der Waals surface area (Å²) >= 11 is 0. The number of allylic oxidation sites excluding steroid dienone is 1. The second-order valence-corrected chi connectivity index (χ2v) is 6.36. The highest BCUT2D eigenvalue weighted by molar-refractivity contribution is 7.23. The summed E-state index contributed by atoms with van der Waals surface area (Å²) in [7, 11) is 4.68. The third kappa shape index (κ3) is 5.99. The van der Waals surface area contributed by atoms with Crippen LogP contribution in [0.3, 0.4) is 0 Å². The first-order chi connectivity index (χ1) is 4.81. The Morgan fingerprint density at radius 2 is 2.50 bits per heavy atom. The number of esters is 1. The first-order valence-electron chi connectivity index (χ1n) is 2.75. The molecule has 0 amide bonds. The van der Waals surface area contributed by atoms with Gasteiger partial charge in [-0.05, 0) is 6.92 Å². The Morgan fingerprint density at radius 1 is 1.80 bits per heavy atom. The zero-order valence-electron chi connectivity index (χ0n) is 5.68. The van der Waals surface area contributed by atoms with Crippen LogP contribution in [-0.4, -0.2) is 39.6 Å². The molecule has 0 N–H and O–H groups in total. The predicted octanol–water partition coefficient (Wildman–Crippen LogP) is -0.530. The van der Waals surface area contributed by atoms with Crippen molar-refractivity contribution in [1.82, 2.24) is 0 Å². The minimum Gasteiger partial charge on any atom is -0.467 e. The molecule has 0 aromatic rings. The molecule has 0 aliphatic heterocycles. The summed E-state index contributed by atoms with van der Waals surface area (Å²) in [5, 5.41) is 0. The summed E-state index contributed by atoms with van der Waals surface area (Å²) in [6.45, 7) is 1.79. The number of carbonyl (C=O) groups excluding carboxylic acids is 1. The molecule has 0 aliphatic rings. The van der Waals surface area contributed by atoms with Gasteiger partial charge in [0.05, 0.1) is 15.3 Å². The summed E-state index contributed by atoms with van der Waals surface area (Å²) < 4.78 is 4.79. The van der Waals surface area contributed by atoms with Gasteiger partial charge in [0.2, 0.25) is 0 Å². The van der Waals surface area contributed by atoms with Crippen LogP contribution < -0.4 is 0 Å². The van der Waals surface area contributed by atoms with Crippen LogP contribution in [-0.2, 0) is 9.53 Å². The van der Waals surface area contributed by atoms with Gasteiger partial charge in [0.1, 0.15) is 0 Å². The van der Waals surface area contributed by atoms with Crippen LogP contribution >= 0.6 is 0 Å². The third-order valence-corrected chi connectivity index (χ3v) is 3.70. The molecule has 5 heteroatoms. The summed E-state index contributed by atoms with van der Waals surface area (Å²) in [5.74, 6) is -0.250. The summed E-state index contributed by atoms with van der Waals surface area (Å²) in [6, 6.07) is 0. The molecule has 0 bridgehead atoms. The van der Waals surface area contributed by atoms with Crippen LogP contribution in [0.15, 0.2) is 12.2 Å². The Morgan fingerprint density at radius 3 is 3.00 bits per heavy atom. The van der Waals surface area contributed by atoms with E-state index in [1.54, 1.807) is 13.0 Å². The molecular weight excluding hydrogens is 176 g/mol. The summed E-state index contributed by atoms with van der Waals surface area (Å²) in [5.41, 5.74) is 0. The van der Waals surface area contributed by atoms with Crippen molar-refractivity contribution in [1.29, 1.82) is 0 Å². The Balaban J connectivity index is 3.22. The van der Waals surface area contributed by atoms with E-state index in [0.29, 0.717) is 23.8 Å². The van der Waals surface area contributed by atoms with Crippen molar-refractivity contribution in [3.8, 4) is 0 Å². The lowest BCUT2D eigenvalue weighted by atomic mass is 10.5. The van der Waals surface area contributed by atoms with E-state index in [1.165, 1.54) is 6.08 Å². The molecule has 0 aromatic carbocycles. The molecule has 0 aromatic heterocycles. The maximum absolute atomic E-state index is 10.6. The Labute approximate surface area is 68.7 Å². The Bertz CT molecular complexity index is 124. The molecule has 0 saturated carbocycles. The highest BCUT2D eigenvalue weighted by Crippen LogP contribution is 1.78. The maximum Gasteiger partial charge on any atom is 0.330 e. The minimum absolute atomic E-state index is 0.250. The standard InChI is InChI=1S/C5H7O2Si3/c1-2-3-5(6)7-4-9-10-8/h2-3H,4H2,1H3. The fourth-order valence-corrected chi connectivity index (χ4v) is 1.70. The molecule has 51 valence electrons. The second-order valence-electron chi connectivity index (χ2n) is 1.41. The van der Waals surface area contributed by atoms with E-state index in [0.717, 1.165) is 0 Å². The van der Waals surface area contributed by atoms with Crippen LogP contribution in [0.25, 0.3) is 0 Å². The van der Waals surface area contributed by atoms with Crippen LogP contribution in [0.1, 0.15) is 6.92 Å². The van der Waals surface area contributed by atoms with Crippen LogP contribution in [0, 0.1) is 0 Å². The zero-order valence-corrected chi connectivity index (χ0v) is 8.68. The van der Waals surface area contributed by atoms with Gasteiger partial charge < -0.3 is 4.74 Å². The highest BCUT2D eigenvalue weighted by Gasteiger charge is 1.93. The SMILES string of the molecule is CC=CC(=O)OC[Si][Si][Si]. The molecule has 0 saturated heterocycles. The molecule has 0 rings (SSSR count). The van der Waals surface area contributed by atoms with Crippen molar-refractivity contribution in [3.05, 3.63) is 12.2 Å². The van der Waals surface area contributed by atoms with Crippen molar-refractivity contribution >= 4 is 33.3 Å². The van der Waals surface area contributed by atoms with E-state index in [4.69, 9.17) is 4.74 Å². The van der Waals surface area contributed by atoms with E-state index in [1.807, 2.05) is 0 Å². The second kappa shape index (κ2) is 6.97. The number of hydrogen-bond acceptors (Lipinski definition) is 2. The average molecular weight is 183 g/mol. The van der Waals surface area contributed by atoms with Crippen molar-refractivity contribution in [2.24, 2.45) is 0 Å². The molecular formula is C5H7O2Si3. The van der Waals surface area contributed by atoms with Gasteiger partial charge in [0.25, 0.3) is 0 Å². The summed E-state index contributed by atoms with van der Waals surface area (Å²) in [4.78, 5) is 10.6. The molecule has 0 heterocycles. The molecule has 0 aliphatic carbocycles. The number of rotatable bonds is 4. The van der Waals surface area contributed by atoms with Gasteiger partial charge in [0.15, 0.2) is 0 Å². The fourth-order valence-electron chi connectivity index (χ4n) is 0.327. The maximum atomic E-state index is 10.6. The normalized spacial score (nSPS) is 10.2. The van der Waals surface area contributed by atoms with Gasteiger partial charge in [0, 0.05) is 24.4 Å². The van der Waals surface area contributed by atoms with E-state index < -0.39 is 0 Å². The topological polar surface area (TPSA) is 26.3 Å². The lowest BCUT2D eigenvalue weighted by molar-refractivity contribution is -0.135. The average Bonchev–Trinajstić information content (AvgIpc) is 1.89. The van der Waals surface area contributed by atoms with Gasteiger partial charge in [-0.2, -0.15) is 0 Å². The van der Waals surface area contributed by atoms with Crippen molar-refractivity contribution in [2.45, 2.75) is 6.92 Å². The van der Waals surface area contributed by atoms with Crippen molar-refractivity contribution in [3.63, 3.8) is 0 Å². The first-order valence-corrected chi connectivity index (χ1v) is 7.46. The fraction of sp³-hybridized carbons (Fsp3) is 0.400. The molecule has 7 radical (unpaired) electrons. The largest absolute Gasteiger partial charge is 0.467 e. The molecule has 0 atom stereocenters. The Hall–Kier alpha value is -0.139. The number of ether oxygens (including phenoxy) is 1. The van der Waals surface area contributed by atoms with Crippen LogP contribution in [0.4, 0.5) is 0 Å². The van der Waals surface area contributed by atoms with Gasteiger partial charge in [-0.1, -0.05) is 6.08 Å². The molecule has 0 unspecified atom stereocenters. The van der Waals surface area contributed by atoms with Crippen LogP contribution in [0.2, 0.25) is 0 Å². The smallest absolute Gasteiger partial charge is 0.330 e. The lowest BCUT2D eigenvalue weighted by Crippen LogP contribution is -2.14. The minimum atomic E-state index is -0.250. The first kappa shape index (κ1) is 9.86. The van der Waals surface area contributed by atoms with E-state index >= 15 is 0 Å². The highest BCUT2D eigenvalue weighted by atomic mass is 29.5. The zero-order chi connectivity index (χ0) is 7.82. The number of carbonyl (C=O) groups is 1. The molecule has 2 nitrogen and oxygen atoms in total. The van der Waals surface area contributed by atoms with Gasteiger partial charge in [-0.3, -0.25) is 0 Å². The van der Waals surface area contributed by atoms with Gasteiger partial charge in [-0.25, -0.2) is 4.79 Å². The lowest BCUT2D eigenvalue weighted by Gasteiger charge is -1.96. The third-order valence-electron chi connectivity index (χ3n) is 0.678. The monoisotopic (exact) mass is 183 g/mol. The van der Waals surface area contributed by atoms with E-state index in [-0.39, 0.29) is 5.97 Å². The molecule has 0 spiro atoms. The van der Waals surface area contributed by atoms with E-state index in [2.05, 4.69) is 9.76 Å². The van der Waals surface area contributed by atoms with E-state index in [9.17, 15) is 4.79 Å². The van der Waals surface area contributed by atoms with Gasteiger partial charge >= 0.3 is 5.97 Å². The quantitative estimate of drug-likeness (QED) is 0.253. The number of hydrogen-bond donors (Lipinski definition) is 0. The van der Waals surface area contributed by atoms with Crippen molar-refractivity contribution in [2.75, 3.05) is 6.23 Å². The molecule has 10 heavy (non-hydrogen) atoms. The van der Waals surface area contributed by atoms with Crippen LogP contribution in [0.5, 0.6) is 0 Å².